The summed E-state index contributed by atoms with van der Waals surface area (Å²) in [5.41, 5.74) is 3.11. The lowest BCUT2D eigenvalue weighted by Crippen LogP contribution is -2.17. The summed E-state index contributed by atoms with van der Waals surface area (Å²) in [4.78, 5) is 13.0. The predicted octanol–water partition coefficient (Wildman–Crippen LogP) is 4.44. The number of hydrogen-bond donors (Lipinski definition) is 3. The second-order valence-electron chi connectivity index (χ2n) is 6.52. The molecule has 2 rings (SSSR count). The number of rotatable bonds is 14. The van der Waals surface area contributed by atoms with E-state index in [1.165, 1.54) is 18.4 Å². The van der Waals surface area contributed by atoms with Crippen LogP contribution in [0, 0.1) is 0 Å². The number of nitrogens with one attached hydrogen (secondary N) is 2. The van der Waals surface area contributed by atoms with E-state index >= 15 is 0 Å². The first kappa shape index (κ1) is 22.9. The number of aromatic nitrogens is 1. The van der Waals surface area contributed by atoms with E-state index < -0.39 is 8.25 Å². The van der Waals surface area contributed by atoms with Crippen LogP contribution in [0.25, 0.3) is 0 Å². The molecule has 154 valence electrons. The van der Waals surface area contributed by atoms with Gasteiger partial charge in [0.25, 0.3) is 0 Å². The maximum absolute atomic E-state index is 10.4. The number of pyridine rings is 1. The summed E-state index contributed by atoms with van der Waals surface area (Å²) >= 11 is 6.34. The van der Waals surface area contributed by atoms with Crippen LogP contribution in [0.4, 0.5) is 5.69 Å². The third kappa shape index (κ3) is 9.67. The monoisotopic (exact) mass is 425 g/mol. The van der Waals surface area contributed by atoms with E-state index in [9.17, 15) is 4.57 Å². The van der Waals surface area contributed by atoms with Crippen molar-refractivity contribution in [1.82, 2.24) is 10.3 Å². The van der Waals surface area contributed by atoms with E-state index in [4.69, 9.17) is 16.5 Å². The molecule has 1 aromatic carbocycles. The van der Waals surface area contributed by atoms with Crippen molar-refractivity contribution < 1.29 is 14.0 Å². The Kier molecular flexibility index (Phi) is 11.2. The third-order valence-corrected chi connectivity index (χ3v) is 5.00. The molecule has 0 aliphatic rings. The van der Waals surface area contributed by atoms with Gasteiger partial charge < -0.3 is 20.1 Å². The van der Waals surface area contributed by atoms with Gasteiger partial charge in [-0.05, 0) is 43.9 Å². The second kappa shape index (κ2) is 13.7. The molecule has 2 aromatic rings. The van der Waals surface area contributed by atoms with Gasteiger partial charge in [0.1, 0.15) is 0 Å². The number of nitrogens with zero attached hydrogens (tertiary/aromatic N) is 1. The highest BCUT2D eigenvalue weighted by molar-refractivity contribution is 7.32. The smallest absolute Gasteiger partial charge is 0.316 e. The van der Waals surface area contributed by atoms with Crippen LogP contribution in [0.3, 0.4) is 0 Å². The first-order chi connectivity index (χ1) is 13.6. The zero-order chi connectivity index (χ0) is 20.0. The van der Waals surface area contributed by atoms with Crippen LogP contribution in [-0.2, 0) is 22.1 Å². The summed E-state index contributed by atoms with van der Waals surface area (Å²) < 4.78 is 15.1. The number of aryl methyl sites for hydroxylation is 1. The van der Waals surface area contributed by atoms with Crippen LogP contribution in [0.15, 0.2) is 42.6 Å². The number of hydrogen-bond acceptors (Lipinski definition) is 5. The number of anilines is 1. The third-order valence-electron chi connectivity index (χ3n) is 4.24. The van der Waals surface area contributed by atoms with Crippen LogP contribution in [0.2, 0.25) is 5.02 Å². The summed E-state index contributed by atoms with van der Waals surface area (Å²) in [6.45, 7) is 2.41. The van der Waals surface area contributed by atoms with E-state index in [0.717, 1.165) is 30.8 Å². The Morgan fingerprint density at radius 1 is 1.11 bits per heavy atom. The van der Waals surface area contributed by atoms with E-state index in [0.29, 0.717) is 24.5 Å². The fourth-order valence-corrected chi connectivity index (χ4v) is 3.33. The van der Waals surface area contributed by atoms with Gasteiger partial charge in [-0.2, -0.15) is 0 Å². The van der Waals surface area contributed by atoms with Crippen molar-refractivity contribution in [3.8, 4) is 0 Å². The van der Waals surface area contributed by atoms with Crippen molar-refractivity contribution in [3.63, 3.8) is 0 Å². The van der Waals surface area contributed by atoms with Crippen molar-refractivity contribution in [2.24, 2.45) is 0 Å². The summed E-state index contributed by atoms with van der Waals surface area (Å²) in [6, 6.07) is 12.4. The van der Waals surface area contributed by atoms with Crippen LogP contribution in [-0.4, -0.2) is 29.6 Å². The highest BCUT2D eigenvalue weighted by Crippen LogP contribution is 2.21. The SMILES string of the molecule is O=[PH](O)OCCCNCc1cc(Cl)c(NCCCCCc2ccccc2)cn1. The Bertz CT molecular complexity index is 719. The molecular formula is C20H29ClN3O3P. The van der Waals surface area contributed by atoms with Gasteiger partial charge >= 0.3 is 8.25 Å². The Hall–Kier alpha value is -1.43. The fraction of sp³-hybridized carbons (Fsp3) is 0.450. The molecule has 0 saturated heterocycles. The number of unbranched alkanes of at least 4 members (excludes halogenated alkanes) is 2. The maximum Gasteiger partial charge on any atom is 0.316 e. The molecule has 28 heavy (non-hydrogen) atoms. The van der Waals surface area contributed by atoms with Crippen molar-refractivity contribution in [2.45, 2.75) is 38.6 Å². The average Bonchev–Trinajstić information content (AvgIpc) is 2.69. The summed E-state index contributed by atoms with van der Waals surface area (Å²) in [5.74, 6) is 0. The van der Waals surface area contributed by atoms with Crippen LogP contribution in [0.1, 0.15) is 36.9 Å². The Labute approximate surface area is 172 Å². The molecule has 3 N–H and O–H groups in total. The molecule has 0 fully saturated rings. The normalized spacial score (nSPS) is 12.1. The molecule has 1 unspecified atom stereocenters. The lowest BCUT2D eigenvalue weighted by atomic mass is 10.1. The standard InChI is InChI=1S/C20H29ClN3O3P/c21-19-14-18(15-22-11-7-13-27-28(25)26)24-16-20(19)23-12-6-2-5-10-17-8-3-1-4-9-17/h1,3-4,8-9,14,16,22-23,28H,2,5-7,10-13,15H2,(H,25,26). The van der Waals surface area contributed by atoms with Gasteiger partial charge in [-0.1, -0.05) is 48.4 Å². The maximum atomic E-state index is 10.4. The molecule has 1 atom stereocenters. The molecular weight excluding hydrogens is 397 g/mol. The van der Waals surface area contributed by atoms with Crippen LogP contribution >= 0.6 is 19.9 Å². The van der Waals surface area contributed by atoms with E-state index in [1.807, 2.05) is 12.1 Å². The molecule has 0 amide bonds. The summed E-state index contributed by atoms with van der Waals surface area (Å²) in [6.07, 6.45) is 7.00. The zero-order valence-electron chi connectivity index (χ0n) is 16.0. The molecule has 0 aliphatic carbocycles. The largest absolute Gasteiger partial charge is 0.383 e. The average molecular weight is 426 g/mol. The van der Waals surface area contributed by atoms with E-state index in [-0.39, 0.29) is 6.61 Å². The van der Waals surface area contributed by atoms with Gasteiger partial charge in [-0.15, -0.1) is 0 Å². The first-order valence-corrected chi connectivity index (χ1v) is 11.3. The van der Waals surface area contributed by atoms with Gasteiger partial charge in [0, 0.05) is 13.1 Å². The fourth-order valence-electron chi connectivity index (χ4n) is 2.77. The lowest BCUT2D eigenvalue weighted by molar-refractivity contribution is 0.276. The van der Waals surface area contributed by atoms with Gasteiger partial charge in [0.2, 0.25) is 0 Å². The van der Waals surface area contributed by atoms with E-state index in [1.54, 1.807) is 6.20 Å². The molecule has 0 spiro atoms. The van der Waals surface area contributed by atoms with Crippen molar-refractivity contribution >= 4 is 25.5 Å². The second-order valence-corrected chi connectivity index (χ2v) is 7.75. The molecule has 1 heterocycles. The van der Waals surface area contributed by atoms with Gasteiger partial charge in [0.15, 0.2) is 0 Å². The first-order valence-electron chi connectivity index (χ1n) is 9.64. The molecule has 0 radical (unpaired) electrons. The van der Waals surface area contributed by atoms with Gasteiger partial charge in [0.05, 0.1) is 29.2 Å². The Balaban J connectivity index is 1.58. The quantitative estimate of drug-likeness (QED) is 0.306. The molecule has 0 aliphatic heterocycles. The Morgan fingerprint density at radius 2 is 1.93 bits per heavy atom. The van der Waals surface area contributed by atoms with Gasteiger partial charge in [-0.25, -0.2) is 0 Å². The van der Waals surface area contributed by atoms with Crippen molar-refractivity contribution in [2.75, 3.05) is 25.0 Å². The Morgan fingerprint density at radius 3 is 2.68 bits per heavy atom. The van der Waals surface area contributed by atoms with Crippen molar-refractivity contribution in [1.29, 1.82) is 0 Å². The molecule has 0 saturated carbocycles. The highest BCUT2D eigenvalue weighted by Gasteiger charge is 2.03. The number of benzene rings is 1. The zero-order valence-corrected chi connectivity index (χ0v) is 17.8. The summed E-state index contributed by atoms with van der Waals surface area (Å²) in [5, 5.41) is 7.22. The minimum atomic E-state index is -2.82. The number of halogens is 1. The van der Waals surface area contributed by atoms with Crippen LogP contribution < -0.4 is 10.6 Å². The molecule has 8 heteroatoms. The molecule has 0 bridgehead atoms. The lowest BCUT2D eigenvalue weighted by Gasteiger charge is -2.10. The molecule has 6 nitrogen and oxygen atoms in total. The predicted molar refractivity (Wildman–Crippen MR) is 115 cm³/mol. The van der Waals surface area contributed by atoms with Crippen molar-refractivity contribution in [3.05, 3.63) is 58.9 Å². The van der Waals surface area contributed by atoms with Gasteiger partial charge in [-0.3, -0.25) is 9.55 Å². The van der Waals surface area contributed by atoms with E-state index in [2.05, 4.69) is 44.4 Å². The minimum Gasteiger partial charge on any atom is -0.383 e. The molecule has 1 aromatic heterocycles. The highest BCUT2D eigenvalue weighted by atomic mass is 35.5. The topological polar surface area (TPSA) is 83.5 Å². The minimum absolute atomic E-state index is 0.268. The van der Waals surface area contributed by atoms with Crippen LogP contribution in [0.5, 0.6) is 0 Å². The summed E-state index contributed by atoms with van der Waals surface area (Å²) in [7, 11) is -2.82.